The van der Waals surface area contributed by atoms with E-state index in [9.17, 15) is 0 Å². The Morgan fingerprint density at radius 2 is 1.94 bits per heavy atom. The summed E-state index contributed by atoms with van der Waals surface area (Å²) in [6.45, 7) is 6.79. The van der Waals surface area contributed by atoms with Crippen LogP contribution in [0, 0.1) is 20.8 Å². The second-order valence-corrected chi connectivity index (χ2v) is 6.86. The van der Waals surface area contributed by atoms with Gasteiger partial charge in [-0.05, 0) is 89.9 Å². The molecule has 1 atom stereocenters. The Bertz CT molecular complexity index is 426. The summed E-state index contributed by atoms with van der Waals surface area (Å²) in [4.78, 5) is 0. The van der Waals surface area contributed by atoms with Gasteiger partial charge in [-0.3, -0.25) is 4.78 Å². The summed E-state index contributed by atoms with van der Waals surface area (Å²) in [5, 5.41) is 0. The molecule has 17 heavy (non-hydrogen) atoms. The van der Waals surface area contributed by atoms with E-state index in [0.717, 1.165) is 5.92 Å². The van der Waals surface area contributed by atoms with Crippen molar-refractivity contribution >= 4 is 34.1 Å². The summed E-state index contributed by atoms with van der Waals surface area (Å²) < 4.78 is 2.23. The molecule has 0 radical (unpaired) electrons. The largest absolute Gasteiger partial charge is 0.281 e. The molecule has 0 saturated heterocycles. The number of benzene rings is 1. The molecule has 1 aromatic carbocycles. The lowest BCUT2D eigenvalue weighted by Crippen LogP contribution is -2.26. The Hall–Kier alpha value is 0.140. The lowest BCUT2D eigenvalue weighted by atomic mass is 9.93. The van der Waals surface area contributed by atoms with E-state index in [0.29, 0.717) is 6.37 Å². The van der Waals surface area contributed by atoms with Gasteiger partial charge in [-0.15, -0.1) is 0 Å². The molecule has 1 unspecified atom stereocenters. The second-order valence-electron chi connectivity index (χ2n) is 4.79. The molecule has 94 valence electrons. The predicted molar refractivity (Wildman–Crippen MR) is 86.5 cm³/mol. The Kier molecular flexibility index (Phi) is 4.32. The van der Waals surface area contributed by atoms with Crippen LogP contribution in [0.2, 0.25) is 0 Å². The minimum Gasteiger partial charge on any atom is -0.281 e. The van der Waals surface area contributed by atoms with Crippen LogP contribution in [0.5, 0.6) is 0 Å². The van der Waals surface area contributed by atoms with E-state index < -0.39 is 0 Å². The number of nitrogens with zero attached hydrogens (tertiary/aromatic N) is 1. The average Bonchev–Trinajstić information content (AvgIpc) is 3.11. The summed E-state index contributed by atoms with van der Waals surface area (Å²) in [5.74, 6) is 0.841. The van der Waals surface area contributed by atoms with Gasteiger partial charge < -0.3 is 0 Å². The lowest BCUT2D eigenvalue weighted by molar-refractivity contribution is 0.889. The zero-order valence-electron chi connectivity index (χ0n) is 10.9. The molecule has 1 saturated carbocycles. The lowest BCUT2D eigenvalue weighted by Gasteiger charge is -2.25. The molecular formula is C13H20IN2P. The van der Waals surface area contributed by atoms with Crippen LogP contribution in [0.4, 0.5) is 5.69 Å². The minimum absolute atomic E-state index is 0.715. The molecule has 1 N–H and O–H groups in total. The van der Waals surface area contributed by atoms with Crippen molar-refractivity contribution in [3.05, 3.63) is 28.3 Å². The highest BCUT2D eigenvalue weighted by molar-refractivity contribution is 14.2. The third-order valence-electron chi connectivity index (χ3n) is 3.66. The fraction of sp³-hybridized carbons (Fsp3) is 0.538. The average molecular weight is 362 g/mol. The normalized spacial score (nSPS) is 15.8. The number of nitrogens with one attached hydrogen (secondary N) is 1. The Balaban J connectivity index is 2.48. The molecule has 0 spiro atoms. The fourth-order valence-electron chi connectivity index (χ4n) is 2.52. The van der Waals surface area contributed by atoms with Crippen molar-refractivity contribution in [3.63, 3.8) is 0 Å². The molecule has 1 aliphatic carbocycles. The van der Waals surface area contributed by atoms with Crippen molar-refractivity contribution in [3.8, 4) is 0 Å². The number of hydrazine groups is 1. The first-order chi connectivity index (χ1) is 8.10. The van der Waals surface area contributed by atoms with Gasteiger partial charge in [0.05, 0.1) is 12.1 Å². The van der Waals surface area contributed by atoms with Crippen molar-refractivity contribution in [1.29, 1.82) is 0 Å². The van der Waals surface area contributed by atoms with Gasteiger partial charge in [0.25, 0.3) is 0 Å². The maximum Gasteiger partial charge on any atom is 0.0602 e. The van der Waals surface area contributed by atoms with Crippen LogP contribution in [-0.4, -0.2) is 7.05 Å². The van der Waals surface area contributed by atoms with Crippen LogP contribution in [0.15, 0.2) is 6.07 Å². The second kappa shape index (κ2) is 5.41. The number of halogens is 1. The third kappa shape index (κ3) is 2.61. The molecule has 1 aliphatic rings. The quantitative estimate of drug-likeness (QED) is 0.486. The van der Waals surface area contributed by atoms with Crippen molar-refractivity contribution < 1.29 is 0 Å². The first-order valence-corrected chi connectivity index (χ1v) is 10.1. The van der Waals surface area contributed by atoms with E-state index in [1.165, 1.54) is 35.2 Å². The zero-order chi connectivity index (χ0) is 12.6. The Morgan fingerprint density at radius 3 is 2.41 bits per heavy atom. The predicted octanol–water partition coefficient (Wildman–Crippen LogP) is 4.37. The summed E-state index contributed by atoms with van der Waals surface area (Å²) in [6, 6.07) is 2.35. The van der Waals surface area contributed by atoms with Crippen molar-refractivity contribution in [2.24, 2.45) is 0 Å². The fourth-order valence-corrected chi connectivity index (χ4v) is 4.43. The van der Waals surface area contributed by atoms with E-state index in [1.54, 1.807) is 5.56 Å². The highest BCUT2D eigenvalue weighted by Crippen LogP contribution is 2.46. The SMILES string of the molecule is CNN(PI)c1cc(C)c(C2CC2)c(C)c1C. The molecule has 2 rings (SSSR count). The van der Waals surface area contributed by atoms with Crippen LogP contribution >= 0.6 is 28.4 Å². The Morgan fingerprint density at radius 1 is 1.29 bits per heavy atom. The highest BCUT2D eigenvalue weighted by Gasteiger charge is 2.28. The topological polar surface area (TPSA) is 15.3 Å². The number of aryl methyl sites for hydroxylation is 1. The van der Waals surface area contributed by atoms with Crippen molar-refractivity contribution in [1.82, 2.24) is 5.43 Å². The molecule has 0 amide bonds. The summed E-state index contributed by atoms with van der Waals surface area (Å²) in [6.07, 6.45) is 3.47. The first kappa shape index (κ1) is 13.6. The molecule has 0 aromatic heterocycles. The molecular weight excluding hydrogens is 342 g/mol. The number of anilines is 1. The van der Waals surface area contributed by atoms with Crippen LogP contribution in [-0.2, 0) is 0 Å². The molecule has 0 bridgehead atoms. The van der Waals surface area contributed by atoms with Gasteiger partial charge in [-0.1, -0.05) is 0 Å². The zero-order valence-corrected chi connectivity index (χ0v) is 14.1. The van der Waals surface area contributed by atoms with Gasteiger partial charge in [0.1, 0.15) is 0 Å². The monoisotopic (exact) mass is 362 g/mol. The smallest absolute Gasteiger partial charge is 0.0602 e. The molecule has 0 heterocycles. The van der Waals surface area contributed by atoms with Crippen molar-refractivity contribution in [2.45, 2.75) is 39.5 Å². The van der Waals surface area contributed by atoms with Gasteiger partial charge in [0.2, 0.25) is 0 Å². The van der Waals surface area contributed by atoms with E-state index in [-0.39, 0.29) is 0 Å². The van der Waals surface area contributed by atoms with E-state index in [2.05, 4.69) is 59.1 Å². The van der Waals surface area contributed by atoms with Crippen LogP contribution < -0.4 is 10.2 Å². The van der Waals surface area contributed by atoms with Gasteiger partial charge in [0.15, 0.2) is 0 Å². The minimum atomic E-state index is 0.715. The van der Waals surface area contributed by atoms with E-state index in [1.807, 2.05) is 7.05 Å². The molecule has 2 nitrogen and oxygen atoms in total. The van der Waals surface area contributed by atoms with Gasteiger partial charge in [-0.2, -0.15) is 0 Å². The van der Waals surface area contributed by atoms with E-state index in [4.69, 9.17) is 0 Å². The summed E-state index contributed by atoms with van der Waals surface area (Å²) in [5.41, 5.74) is 10.6. The number of hydrogen-bond donors (Lipinski definition) is 1. The standard InChI is InChI=1S/C13H20IN2P/c1-8-7-12(16(15-4)17-14)9(2)10(3)13(8)11-5-6-11/h7,11,15,17H,5-6H2,1-4H3. The molecule has 1 aromatic rings. The summed E-state index contributed by atoms with van der Waals surface area (Å²) in [7, 11) is 1.99. The Labute approximate surface area is 119 Å². The van der Waals surface area contributed by atoms with Gasteiger partial charge in [0, 0.05) is 7.05 Å². The maximum atomic E-state index is 3.27. The maximum absolute atomic E-state index is 3.27. The van der Waals surface area contributed by atoms with Crippen LogP contribution in [0.25, 0.3) is 0 Å². The molecule has 0 aliphatic heterocycles. The van der Waals surface area contributed by atoms with E-state index >= 15 is 0 Å². The first-order valence-electron chi connectivity index (χ1n) is 6.04. The van der Waals surface area contributed by atoms with Crippen LogP contribution in [0.1, 0.15) is 41.0 Å². The number of rotatable bonds is 4. The van der Waals surface area contributed by atoms with Gasteiger partial charge in [-0.25, -0.2) is 5.43 Å². The number of hydrogen-bond acceptors (Lipinski definition) is 2. The van der Waals surface area contributed by atoms with Crippen LogP contribution in [0.3, 0.4) is 0 Å². The summed E-state index contributed by atoms with van der Waals surface area (Å²) >= 11 is 2.42. The molecule has 1 fully saturated rings. The van der Waals surface area contributed by atoms with Gasteiger partial charge >= 0.3 is 0 Å². The highest BCUT2D eigenvalue weighted by atomic mass is 127. The van der Waals surface area contributed by atoms with Crippen molar-refractivity contribution in [2.75, 3.05) is 11.8 Å². The molecule has 4 heteroatoms. The third-order valence-corrected chi connectivity index (χ3v) is 5.74.